The Morgan fingerprint density at radius 1 is 1.21 bits per heavy atom. The third-order valence-corrected chi connectivity index (χ3v) is 5.05. The molecule has 108 valence electrons. The van der Waals surface area contributed by atoms with Crippen LogP contribution in [-0.4, -0.2) is 37.5 Å². The fraction of sp³-hybridized carbons (Fsp3) is 0.571. The van der Waals surface area contributed by atoms with Crippen molar-refractivity contribution in [3.8, 4) is 0 Å². The number of nitrogens with zero attached hydrogens (tertiary/aromatic N) is 1. The van der Waals surface area contributed by atoms with Gasteiger partial charge in [-0.1, -0.05) is 45.9 Å². The van der Waals surface area contributed by atoms with Crippen LogP contribution in [0, 0.1) is 0 Å². The highest BCUT2D eigenvalue weighted by atomic mass is 32.2. The zero-order valence-corrected chi connectivity index (χ0v) is 12.9. The van der Waals surface area contributed by atoms with Gasteiger partial charge in [0, 0.05) is 13.1 Å². The van der Waals surface area contributed by atoms with E-state index in [9.17, 15) is 8.42 Å². The van der Waals surface area contributed by atoms with E-state index in [-0.39, 0.29) is 18.6 Å². The average Bonchev–Trinajstić information content (AvgIpc) is 2.34. The van der Waals surface area contributed by atoms with Crippen LogP contribution in [0.2, 0.25) is 0 Å². The van der Waals surface area contributed by atoms with E-state index in [4.69, 9.17) is 5.11 Å². The summed E-state index contributed by atoms with van der Waals surface area (Å²) in [7, 11) is -3.55. The molecule has 0 saturated carbocycles. The molecule has 0 unspecified atom stereocenters. The van der Waals surface area contributed by atoms with Gasteiger partial charge in [-0.3, -0.25) is 0 Å². The van der Waals surface area contributed by atoms with Gasteiger partial charge in [0.15, 0.2) is 0 Å². The van der Waals surface area contributed by atoms with Gasteiger partial charge in [0.25, 0.3) is 0 Å². The first kappa shape index (κ1) is 16.1. The molecule has 0 fully saturated rings. The van der Waals surface area contributed by atoms with Gasteiger partial charge in [-0.2, -0.15) is 4.31 Å². The molecule has 19 heavy (non-hydrogen) atoms. The SMILES string of the molecule is CCN(CCO)S(=O)(=O)c1ccccc1C(C)(C)C. The Balaban J connectivity index is 3.37. The molecule has 0 spiro atoms. The Bertz CT molecular complexity index is 518. The summed E-state index contributed by atoms with van der Waals surface area (Å²) in [5.41, 5.74) is 0.550. The van der Waals surface area contributed by atoms with Crippen LogP contribution >= 0.6 is 0 Å². The van der Waals surface area contributed by atoms with Crippen LogP contribution in [0.4, 0.5) is 0 Å². The van der Waals surface area contributed by atoms with Crippen molar-refractivity contribution in [2.24, 2.45) is 0 Å². The summed E-state index contributed by atoms with van der Waals surface area (Å²) < 4.78 is 26.6. The average molecular weight is 285 g/mol. The topological polar surface area (TPSA) is 57.6 Å². The van der Waals surface area contributed by atoms with E-state index in [0.29, 0.717) is 11.4 Å². The predicted molar refractivity (Wildman–Crippen MR) is 76.7 cm³/mol. The van der Waals surface area contributed by atoms with E-state index in [1.165, 1.54) is 4.31 Å². The number of hydrogen-bond donors (Lipinski definition) is 1. The van der Waals surface area contributed by atoms with Crippen LogP contribution in [0.15, 0.2) is 29.2 Å². The van der Waals surface area contributed by atoms with Crippen molar-refractivity contribution in [1.29, 1.82) is 0 Å². The summed E-state index contributed by atoms with van der Waals surface area (Å²) in [6.45, 7) is 8.04. The first-order valence-electron chi connectivity index (χ1n) is 6.45. The lowest BCUT2D eigenvalue weighted by Crippen LogP contribution is -2.34. The monoisotopic (exact) mass is 285 g/mol. The molecule has 0 saturated heterocycles. The molecular formula is C14H23NO3S. The third kappa shape index (κ3) is 3.55. The maximum absolute atomic E-state index is 12.6. The molecule has 0 heterocycles. The van der Waals surface area contributed by atoms with Crippen LogP contribution < -0.4 is 0 Å². The van der Waals surface area contributed by atoms with E-state index >= 15 is 0 Å². The van der Waals surface area contributed by atoms with Gasteiger partial charge in [0.2, 0.25) is 10.0 Å². The number of aliphatic hydroxyl groups is 1. The third-order valence-electron chi connectivity index (χ3n) is 3.02. The Morgan fingerprint density at radius 3 is 2.26 bits per heavy atom. The minimum Gasteiger partial charge on any atom is -0.395 e. The minimum absolute atomic E-state index is 0.122. The molecule has 0 amide bonds. The Kier molecular flexibility index (Phi) is 5.12. The van der Waals surface area contributed by atoms with E-state index in [0.717, 1.165) is 5.56 Å². The Labute approximate surface area is 116 Å². The van der Waals surface area contributed by atoms with Gasteiger partial charge in [-0.25, -0.2) is 8.42 Å². The molecule has 5 heteroatoms. The molecule has 0 bridgehead atoms. The van der Waals surface area contributed by atoms with Crippen molar-refractivity contribution in [2.45, 2.75) is 38.0 Å². The smallest absolute Gasteiger partial charge is 0.243 e. The molecule has 0 aliphatic heterocycles. The molecule has 1 N–H and O–H groups in total. The maximum Gasteiger partial charge on any atom is 0.243 e. The van der Waals surface area contributed by atoms with Crippen LogP contribution in [0.3, 0.4) is 0 Å². The summed E-state index contributed by atoms with van der Waals surface area (Å²) in [5.74, 6) is 0. The second kappa shape index (κ2) is 6.03. The zero-order valence-electron chi connectivity index (χ0n) is 12.0. The molecule has 0 atom stereocenters. The summed E-state index contributed by atoms with van der Waals surface area (Å²) in [6, 6.07) is 7.06. The van der Waals surface area contributed by atoms with Crippen LogP contribution in [0.25, 0.3) is 0 Å². The molecule has 4 nitrogen and oxygen atoms in total. The van der Waals surface area contributed by atoms with E-state index in [1.807, 2.05) is 32.9 Å². The lowest BCUT2D eigenvalue weighted by atomic mass is 9.87. The van der Waals surface area contributed by atoms with Crippen molar-refractivity contribution < 1.29 is 13.5 Å². The van der Waals surface area contributed by atoms with Gasteiger partial charge in [-0.15, -0.1) is 0 Å². The summed E-state index contributed by atoms with van der Waals surface area (Å²) in [5, 5.41) is 9.00. The van der Waals surface area contributed by atoms with Crippen LogP contribution in [-0.2, 0) is 15.4 Å². The standard InChI is InChI=1S/C14H23NO3S/c1-5-15(10-11-16)19(17,18)13-9-7-6-8-12(13)14(2,3)4/h6-9,16H,5,10-11H2,1-4H3. The highest BCUT2D eigenvalue weighted by Gasteiger charge is 2.29. The molecule has 1 aromatic carbocycles. The van der Waals surface area contributed by atoms with Crippen molar-refractivity contribution in [3.63, 3.8) is 0 Å². The minimum atomic E-state index is -3.55. The molecule has 0 aliphatic rings. The van der Waals surface area contributed by atoms with Gasteiger partial charge in [0.1, 0.15) is 0 Å². The molecule has 0 radical (unpaired) electrons. The van der Waals surface area contributed by atoms with Gasteiger partial charge in [0.05, 0.1) is 11.5 Å². The Hall–Kier alpha value is -0.910. The zero-order chi connectivity index (χ0) is 14.7. The second-order valence-corrected chi connectivity index (χ2v) is 7.37. The lowest BCUT2D eigenvalue weighted by molar-refractivity contribution is 0.257. The number of rotatable bonds is 5. The maximum atomic E-state index is 12.6. The number of likely N-dealkylation sites (N-methyl/N-ethyl adjacent to an activating group) is 1. The van der Waals surface area contributed by atoms with E-state index < -0.39 is 10.0 Å². The fourth-order valence-electron chi connectivity index (χ4n) is 2.01. The molecule has 0 aromatic heterocycles. The van der Waals surface area contributed by atoms with Gasteiger partial charge >= 0.3 is 0 Å². The van der Waals surface area contributed by atoms with Crippen molar-refractivity contribution in [3.05, 3.63) is 29.8 Å². The lowest BCUT2D eigenvalue weighted by Gasteiger charge is -2.26. The number of aliphatic hydroxyl groups excluding tert-OH is 1. The number of benzene rings is 1. The quantitative estimate of drug-likeness (QED) is 0.900. The Morgan fingerprint density at radius 2 is 1.79 bits per heavy atom. The molecule has 1 aromatic rings. The number of hydrogen-bond acceptors (Lipinski definition) is 3. The first-order chi connectivity index (χ1) is 8.75. The highest BCUT2D eigenvalue weighted by Crippen LogP contribution is 2.30. The fourth-order valence-corrected chi connectivity index (χ4v) is 3.85. The van der Waals surface area contributed by atoms with E-state index in [2.05, 4.69) is 0 Å². The highest BCUT2D eigenvalue weighted by molar-refractivity contribution is 7.89. The largest absolute Gasteiger partial charge is 0.395 e. The number of sulfonamides is 1. The van der Waals surface area contributed by atoms with Crippen LogP contribution in [0.5, 0.6) is 0 Å². The van der Waals surface area contributed by atoms with Crippen molar-refractivity contribution >= 4 is 10.0 Å². The first-order valence-corrected chi connectivity index (χ1v) is 7.89. The summed E-state index contributed by atoms with van der Waals surface area (Å²) in [4.78, 5) is 0.331. The molecular weight excluding hydrogens is 262 g/mol. The molecule has 1 rings (SSSR count). The van der Waals surface area contributed by atoms with Gasteiger partial charge in [-0.05, 0) is 17.0 Å². The molecule has 0 aliphatic carbocycles. The summed E-state index contributed by atoms with van der Waals surface area (Å²) >= 11 is 0. The van der Waals surface area contributed by atoms with E-state index in [1.54, 1.807) is 19.1 Å². The normalized spacial score (nSPS) is 12.9. The van der Waals surface area contributed by atoms with Crippen molar-refractivity contribution in [2.75, 3.05) is 19.7 Å². The van der Waals surface area contributed by atoms with Gasteiger partial charge < -0.3 is 5.11 Å². The van der Waals surface area contributed by atoms with Crippen LogP contribution in [0.1, 0.15) is 33.3 Å². The predicted octanol–water partition coefficient (Wildman–Crippen LogP) is 1.99. The summed E-state index contributed by atoms with van der Waals surface area (Å²) in [6.07, 6.45) is 0. The van der Waals surface area contributed by atoms with Crippen molar-refractivity contribution in [1.82, 2.24) is 4.31 Å². The second-order valence-electron chi connectivity index (χ2n) is 5.47.